The van der Waals surface area contributed by atoms with Crippen LogP contribution in [-0.2, 0) is 23.7 Å². The van der Waals surface area contributed by atoms with Crippen LogP contribution in [0.4, 0.5) is 30.7 Å². The number of halogens is 7. The second kappa shape index (κ2) is 13.1. The third-order valence-corrected chi connectivity index (χ3v) is 7.53. The molecule has 2 atom stereocenters. The maximum Gasteiger partial charge on any atom is 0.416 e. The topological polar surface area (TPSA) is 32.3 Å². The Morgan fingerprint density at radius 3 is 2.10 bits per heavy atom. The molecule has 3 nitrogen and oxygen atoms in total. The van der Waals surface area contributed by atoms with E-state index in [-0.39, 0.29) is 11.6 Å². The fourth-order valence-corrected chi connectivity index (χ4v) is 5.33. The summed E-state index contributed by atoms with van der Waals surface area (Å²) in [6.45, 7) is 1.69. The molecular weight excluding hydrogens is 549 g/mol. The molecule has 0 saturated carbocycles. The summed E-state index contributed by atoms with van der Waals surface area (Å²) in [5.41, 5.74) is -1.40. The van der Waals surface area contributed by atoms with Crippen molar-refractivity contribution in [3.63, 3.8) is 0 Å². The van der Waals surface area contributed by atoms with Crippen LogP contribution in [0.25, 0.3) is 0 Å². The van der Waals surface area contributed by atoms with E-state index >= 15 is 0 Å². The van der Waals surface area contributed by atoms with E-state index in [4.69, 9.17) is 0 Å². The molecule has 4 rings (SSSR count). The van der Waals surface area contributed by atoms with Crippen molar-refractivity contribution in [1.29, 1.82) is 0 Å². The first-order chi connectivity index (χ1) is 19.4. The summed E-state index contributed by atoms with van der Waals surface area (Å²) in [5.74, 6) is -1.38. The SMILES string of the molecule is O=C(NCc1cc(C(F)(F)F)cc(C(F)(F)F)c1)[C@@H](CCN1CCCC(c2ccccc2)CC1)c1ccc(F)cc1. The van der Waals surface area contributed by atoms with Gasteiger partial charge in [0.05, 0.1) is 17.0 Å². The number of likely N-dealkylation sites (tertiary alicyclic amines) is 1. The van der Waals surface area contributed by atoms with Gasteiger partial charge in [-0.15, -0.1) is 0 Å². The molecule has 1 N–H and O–H groups in total. The molecule has 1 aliphatic heterocycles. The van der Waals surface area contributed by atoms with Gasteiger partial charge in [-0.2, -0.15) is 26.3 Å². The highest BCUT2D eigenvalue weighted by atomic mass is 19.4. The van der Waals surface area contributed by atoms with Crippen molar-refractivity contribution in [2.45, 2.75) is 56.4 Å². The maximum absolute atomic E-state index is 13.6. The molecular formula is C31H31F7N2O. The molecule has 220 valence electrons. The Kier molecular flexibility index (Phi) is 9.73. The third kappa shape index (κ3) is 8.55. The van der Waals surface area contributed by atoms with Gasteiger partial charge in [-0.3, -0.25) is 4.79 Å². The van der Waals surface area contributed by atoms with Crippen molar-refractivity contribution >= 4 is 5.91 Å². The quantitative estimate of drug-likeness (QED) is 0.275. The Morgan fingerprint density at radius 2 is 1.49 bits per heavy atom. The summed E-state index contributed by atoms with van der Waals surface area (Å²) in [5, 5.41) is 2.51. The summed E-state index contributed by atoms with van der Waals surface area (Å²) in [6.07, 6.45) is -6.64. The Hall–Kier alpha value is -3.40. The average Bonchev–Trinajstić information content (AvgIpc) is 3.18. The molecule has 41 heavy (non-hydrogen) atoms. The number of nitrogens with zero attached hydrogens (tertiary/aromatic N) is 1. The van der Waals surface area contributed by atoms with Gasteiger partial charge in [0.15, 0.2) is 0 Å². The molecule has 1 saturated heterocycles. The Bertz CT molecular complexity index is 1260. The minimum atomic E-state index is -4.98. The first-order valence-electron chi connectivity index (χ1n) is 13.5. The second-order valence-corrected chi connectivity index (χ2v) is 10.4. The molecule has 10 heteroatoms. The molecule has 1 fully saturated rings. The van der Waals surface area contributed by atoms with Crippen LogP contribution >= 0.6 is 0 Å². The lowest BCUT2D eigenvalue weighted by Gasteiger charge is -2.24. The van der Waals surface area contributed by atoms with Gasteiger partial charge in [-0.1, -0.05) is 42.5 Å². The predicted octanol–water partition coefficient (Wildman–Crippen LogP) is 7.92. The van der Waals surface area contributed by atoms with E-state index in [0.29, 0.717) is 36.6 Å². The molecule has 1 unspecified atom stereocenters. The number of hydrogen-bond donors (Lipinski definition) is 1. The lowest BCUT2D eigenvalue weighted by molar-refractivity contribution is -0.143. The van der Waals surface area contributed by atoms with Gasteiger partial charge in [0.2, 0.25) is 5.91 Å². The summed E-state index contributed by atoms with van der Waals surface area (Å²) >= 11 is 0. The molecule has 3 aromatic rings. The Labute approximate surface area is 234 Å². The van der Waals surface area contributed by atoms with E-state index < -0.39 is 47.7 Å². The van der Waals surface area contributed by atoms with Crippen LogP contribution < -0.4 is 5.32 Å². The number of carbonyl (C=O) groups is 1. The summed E-state index contributed by atoms with van der Waals surface area (Å²) in [4.78, 5) is 15.5. The van der Waals surface area contributed by atoms with Crippen molar-refractivity contribution < 1.29 is 35.5 Å². The van der Waals surface area contributed by atoms with E-state index in [0.717, 1.165) is 32.4 Å². The minimum Gasteiger partial charge on any atom is -0.351 e. The number of rotatable bonds is 8. The van der Waals surface area contributed by atoms with Crippen LogP contribution in [0.1, 0.15) is 65.3 Å². The Balaban J connectivity index is 1.45. The molecule has 0 radical (unpaired) electrons. The van der Waals surface area contributed by atoms with Crippen molar-refractivity contribution in [3.05, 3.63) is 106 Å². The highest BCUT2D eigenvalue weighted by Gasteiger charge is 2.37. The second-order valence-electron chi connectivity index (χ2n) is 10.4. The number of alkyl halides is 6. The normalized spacial score (nSPS) is 17.6. The number of benzene rings is 3. The lowest BCUT2D eigenvalue weighted by atomic mass is 9.92. The fourth-order valence-electron chi connectivity index (χ4n) is 5.33. The van der Waals surface area contributed by atoms with E-state index in [1.54, 1.807) is 0 Å². The van der Waals surface area contributed by atoms with E-state index in [2.05, 4.69) is 22.3 Å². The molecule has 1 heterocycles. The van der Waals surface area contributed by atoms with Crippen LogP contribution in [0.2, 0.25) is 0 Å². The van der Waals surface area contributed by atoms with Gasteiger partial charge in [0, 0.05) is 6.54 Å². The smallest absolute Gasteiger partial charge is 0.351 e. The molecule has 0 bridgehead atoms. The summed E-state index contributed by atoms with van der Waals surface area (Å²) in [6, 6.07) is 16.9. The highest BCUT2D eigenvalue weighted by molar-refractivity contribution is 5.83. The average molecular weight is 581 g/mol. The van der Waals surface area contributed by atoms with Gasteiger partial charge >= 0.3 is 12.4 Å². The van der Waals surface area contributed by atoms with Gasteiger partial charge in [0.25, 0.3) is 0 Å². The molecule has 1 amide bonds. The van der Waals surface area contributed by atoms with Crippen LogP contribution in [0, 0.1) is 5.82 Å². The standard InChI is InChI=1S/C31H31F7N2O/c32-27-10-8-24(9-11-27)28(13-16-40-14-4-7-23(12-15-40)22-5-2-1-3-6-22)29(41)39-20-21-17-25(30(33,34)35)19-26(18-21)31(36,37)38/h1-3,5-6,8-11,17-19,23,28H,4,7,12-16,20H2,(H,39,41)/t23?,28-/m0/s1. The highest BCUT2D eigenvalue weighted by Crippen LogP contribution is 2.36. The number of nitrogens with one attached hydrogen (secondary N) is 1. The lowest BCUT2D eigenvalue weighted by Crippen LogP contribution is -2.33. The largest absolute Gasteiger partial charge is 0.416 e. The zero-order chi connectivity index (χ0) is 29.6. The molecule has 0 spiro atoms. The van der Waals surface area contributed by atoms with E-state index in [9.17, 15) is 35.5 Å². The minimum absolute atomic E-state index is 0.0518. The monoisotopic (exact) mass is 580 g/mol. The molecule has 3 aromatic carbocycles. The zero-order valence-corrected chi connectivity index (χ0v) is 22.2. The van der Waals surface area contributed by atoms with Crippen molar-refractivity contribution in [2.24, 2.45) is 0 Å². The van der Waals surface area contributed by atoms with Crippen LogP contribution in [-0.4, -0.2) is 30.4 Å². The maximum atomic E-state index is 13.6. The summed E-state index contributed by atoms with van der Waals surface area (Å²) < 4.78 is 93.1. The number of hydrogen-bond acceptors (Lipinski definition) is 2. The van der Waals surface area contributed by atoms with Crippen molar-refractivity contribution in [1.82, 2.24) is 10.2 Å². The zero-order valence-electron chi connectivity index (χ0n) is 22.2. The van der Waals surface area contributed by atoms with Gasteiger partial charge in [0.1, 0.15) is 5.82 Å². The molecule has 1 aliphatic rings. The van der Waals surface area contributed by atoms with E-state index in [1.807, 2.05) is 18.2 Å². The third-order valence-electron chi connectivity index (χ3n) is 7.53. The number of amides is 1. The van der Waals surface area contributed by atoms with Crippen LogP contribution in [0.15, 0.2) is 72.8 Å². The molecule has 0 aromatic heterocycles. The van der Waals surface area contributed by atoms with Gasteiger partial charge < -0.3 is 10.2 Å². The van der Waals surface area contributed by atoms with Crippen molar-refractivity contribution in [2.75, 3.05) is 19.6 Å². The number of carbonyl (C=O) groups excluding carboxylic acids is 1. The predicted molar refractivity (Wildman–Crippen MR) is 142 cm³/mol. The summed E-state index contributed by atoms with van der Waals surface area (Å²) in [7, 11) is 0. The van der Waals surface area contributed by atoms with Gasteiger partial charge in [-0.25, -0.2) is 4.39 Å². The first kappa shape index (κ1) is 30.6. The van der Waals surface area contributed by atoms with Gasteiger partial charge in [-0.05, 0) is 98.3 Å². The Morgan fingerprint density at radius 1 is 0.854 bits per heavy atom. The molecule has 0 aliphatic carbocycles. The first-order valence-corrected chi connectivity index (χ1v) is 13.5. The van der Waals surface area contributed by atoms with Crippen LogP contribution in [0.3, 0.4) is 0 Å². The fraction of sp³-hybridized carbons (Fsp3) is 0.387. The van der Waals surface area contributed by atoms with Crippen LogP contribution in [0.5, 0.6) is 0 Å². The van der Waals surface area contributed by atoms with Crippen molar-refractivity contribution in [3.8, 4) is 0 Å². The van der Waals surface area contributed by atoms with E-state index in [1.165, 1.54) is 29.8 Å².